The van der Waals surface area contributed by atoms with Gasteiger partial charge >= 0.3 is 0 Å². The van der Waals surface area contributed by atoms with Crippen LogP contribution in [0, 0.1) is 5.92 Å². The van der Waals surface area contributed by atoms with E-state index in [1.54, 1.807) is 0 Å². The van der Waals surface area contributed by atoms with Gasteiger partial charge < -0.3 is 10.6 Å². The molecule has 3 heteroatoms. The van der Waals surface area contributed by atoms with Gasteiger partial charge in [0.1, 0.15) is 0 Å². The zero-order chi connectivity index (χ0) is 11.4. The molecule has 0 aromatic heterocycles. The van der Waals surface area contributed by atoms with Crippen molar-refractivity contribution in [2.45, 2.75) is 58.0 Å². The Kier molecular flexibility index (Phi) is 4.58. The zero-order valence-electron chi connectivity index (χ0n) is 10.2. The molecule has 1 unspecified atom stereocenters. The van der Waals surface area contributed by atoms with Crippen molar-refractivity contribution in [2.75, 3.05) is 7.05 Å². The van der Waals surface area contributed by atoms with E-state index in [0.717, 1.165) is 12.8 Å². The molecular formula is C12H24N2O. The molecular weight excluding hydrogens is 188 g/mol. The normalized spacial score (nSPS) is 20.3. The maximum Gasteiger partial charge on any atom is 0.239 e. The van der Waals surface area contributed by atoms with Gasteiger partial charge in [0.2, 0.25) is 5.91 Å². The van der Waals surface area contributed by atoms with Gasteiger partial charge in [-0.25, -0.2) is 0 Å². The molecule has 0 saturated heterocycles. The maximum absolute atomic E-state index is 12.0. The second-order valence-corrected chi connectivity index (χ2v) is 5.01. The Balaban J connectivity index is 2.50. The van der Waals surface area contributed by atoms with Crippen LogP contribution < -0.4 is 5.73 Å². The Morgan fingerprint density at radius 1 is 1.27 bits per heavy atom. The first kappa shape index (κ1) is 12.5. The Bertz CT molecular complexity index is 210. The van der Waals surface area contributed by atoms with Gasteiger partial charge in [-0.05, 0) is 18.8 Å². The molecule has 0 aromatic rings. The summed E-state index contributed by atoms with van der Waals surface area (Å²) >= 11 is 0. The van der Waals surface area contributed by atoms with E-state index in [2.05, 4.69) is 0 Å². The van der Waals surface area contributed by atoms with Gasteiger partial charge in [0.05, 0.1) is 6.04 Å². The van der Waals surface area contributed by atoms with Crippen LogP contribution in [0.5, 0.6) is 0 Å². The first-order valence-electron chi connectivity index (χ1n) is 6.06. The van der Waals surface area contributed by atoms with Gasteiger partial charge in [0, 0.05) is 13.1 Å². The minimum atomic E-state index is -0.336. The molecule has 1 aliphatic rings. The van der Waals surface area contributed by atoms with Crippen molar-refractivity contribution in [3.05, 3.63) is 0 Å². The number of amides is 1. The number of nitrogens with zero attached hydrogens (tertiary/aromatic N) is 1. The largest absolute Gasteiger partial charge is 0.341 e. The summed E-state index contributed by atoms with van der Waals surface area (Å²) in [6.45, 7) is 3.99. The van der Waals surface area contributed by atoms with Gasteiger partial charge in [-0.15, -0.1) is 0 Å². The highest BCUT2D eigenvalue weighted by Crippen LogP contribution is 2.22. The minimum Gasteiger partial charge on any atom is -0.341 e. The molecule has 1 amide bonds. The molecule has 3 nitrogen and oxygen atoms in total. The van der Waals surface area contributed by atoms with Crippen LogP contribution in [0.3, 0.4) is 0 Å². The second kappa shape index (κ2) is 5.50. The van der Waals surface area contributed by atoms with Gasteiger partial charge in [0.25, 0.3) is 0 Å². The van der Waals surface area contributed by atoms with Gasteiger partial charge in [-0.1, -0.05) is 33.1 Å². The fourth-order valence-corrected chi connectivity index (χ4v) is 2.17. The Morgan fingerprint density at radius 3 is 2.27 bits per heavy atom. The van der Waals surface area contributed by atoms with E-state index in [1.165, 1.54) is 19.3 Å². The van der Waals surface area contributed by atoms with Crippen LogP contribution in [-0.2, 0) is 4.79 Å². The number of rotatable bonds is 3. The molecule has 0 heterocycles. The standard InChI is InChI=1S/C12H24N2O/c1-9(2)11(13)12(15)14(3)10-7-5-4-6-8-10/h9-11H,4-8,13H2,1-3H3. The number of hydrogen-bond acceptors (Lipinski definition) is 2. The molecule has 15 heavy (non-hydrogen) atoms. The summed E-state index contributed by atoms with van der Waals surface area (Å²) in [5.41, 5.74) is 5.88. The molecule has 0 radical (unpaired) electrons. The van der Waals surface area contributed by atoms with Gasteiger partial charge in [-0.2, -0.15) is 0 Å². The lowest BCUT2D eigenvalue weighted by atomic mass is 9.93. The van der Waals surface area contributed by atoms with E-state index < -0.39 is 0 Å². The zero-order valence-corrected chi connectivity index (χ0v) is 10.2. The van der Waals surface area contributed by atoms with Crippen molar-refractivity contribution in [3.8, 4) is 0 Å². The van der Waals surface area contributed by atoms with Crippen molar-refractivity contribution < 1.29 is 4.79 Å². The lowest BCUT2D eigenvalue weighted by Crippen LogP contribution is -2.49. The lowest BCUT2D eigenvalue weighted by Gasteiger charge is -2.33. The number of hydrogen-bond donors (Lipinski definition) is 1. The number of likely N-dealkylation sites (N-methyl/N-ethyl adjacent to an activating group) is 1. The van der Waals surface area contributed by atoms with Crippen LogP contribution in [0.1, 0.15) is 46.0 Å². The second-order valence-electron chi connectivity index (χ2n) is 5.01. The lowest BCUT2D eigenvalue weighted by molar-refractivity contribution is -0.134. The summed E-state index contributed by atoms with van der Waals surface area (Å²) in [7, 11) is 1.90. The Hall–Kier alpha value is -0.570. The maximum atomic E-state index is 12.0. The van der Waals surface area contributed by atoms with Crippen molar-refractivity contribution in [1.82, 2.24) is 4.90 Å². The third-order valence-electron chi connectivity index (χ3n) is 3.47. The molecule has 1 aliphatic carbocycles. The van der Waals surface area contributed by atoms with Crippen LogP contribution in [0.15, 0.2) is 0 Å². The quantitative estimate of drug-likeness (QED) is 0.775. The molecule has 88 valence electrons. The summed E-state index contributed by atoms with van der Waals surface area (Å²) in [5, 5.41) is 0. The molecule has 1 atom stereocenters. The van der Waals surface area contributed by atoms with Crippen LogP contribution in [-0.4, -0.2) is 29.9 Å². The van der Waals surface area contributed by atoms with Crippen molar-refractivity contribution in [1.29, 1.82) is 0 Å². The molecule has 0 aromatic carbocycles. The fourth-order valence-electron chi connectivity index (χ4n) is 2.17. The fraction of sp³-hybridized carbons (Fsp3) is 0.917. The Morgan fingerprint density at radius 2 is 1.80 bits per heavy atom. The summed E-state index contributed by atoms with van der Waals surface area (Å²) in [6.07, 6.45) is 6.10. The van der Waals surface area contributed by atoms with E-state index >= 15 is 0 Å². The van der Waals surface area contributed by atoms with Crippen molar-refractivity contribution >= 4 is 5.91 Å². The van der Waals surface area contributed by atoms with Crippen LogP contribution in [0.4, 0.5) is 0 Å². The number of nitrogens with two attached hydrogens (primary N) is 1. The molecule has 0 bridgehead atoms. The third-order valence-corrected chi connectivity index (χ3v) is 3.47. The highest BCUT2D eigenvalue weighted by molar-refractivity contribution is 5.81. The van der Waals surface area contributed by atoms with Crippen LogP contribution >= 0.6 is 0 Å². The number of carbonyl (C=O) groups is 1. The monoisotopic (exact) mass is 212 g/mol. The van der Waals surface area contributed by atoms with Gasteiger partial charge in [-0.3, -0.25) is 4.79 Å². The van der Waals surface area contributed by atoms with E-state index in [-0.39, 0.29) is 17.9 Å². The first-order chi connectivity index (χ1) is 7.04. The summed E-state index contributed by atoms with van der Waals surface area (Å²) < 4.78 is 0. The average molecular weight is 212 g/mol. The SMILES string of the molecule is CC(C)C(N)C(=O)N(C)C1CCCCC1. The molecule has 0 aliphatic heterocycles. The molecule has 1 rings (SSSR count). The summed E-state index contributed by atoms with van der Waals surface area (Å²) in [5.74, 6) is 0.334. The van der Waals surface area contributed by atoms with Crippen molar-refractivity contribution in [3.63, 3.8) is 0 Å². The first-order valence-corrected chi connectivity index (χ1v) is 6.06. The topological polar surface area (TPSA) is 46.3 Å². The minimum absolute atomic E-state index is 0.108. The predicted octanol–water partition coefficient (Wildman–Crippen LogP) is 1.76. The smallest absolute Gasteiger partial charge is 0.239 e. The summed E-state index contributed by atoms with van der Waals surface area (Å²) in [4.78, 5) is 13.9. The molecule has 2 N–H and O–H groups in total. The molecule has 1 fully saturated rings. The highest BCUT2D eigenvalue weighted by Gasteiger charge is 2.27. The Labute approximate surface area is 93.0 Å². The van der Waals surface area contributed by atoms with E-state index in [4.69, 9.17) is 5.73 Å². The highest BCUT2D eigenvalue weighted by atomic mass is 16.2. The van der Waals surface area contributed by atoms with Crippen molar-refractivity contribution in [2.24, 2.45) is 11.7 Å². The van der Waals surface area contributed by atoms with E-state index in [9.17, 15) is 4.79 Å². The van der Waals surface area contributed by atoms with Crippen LogP contribution in [0.2, 0.25) is 0 Å². The number of carbonyl (C=O) groups excluding carboxylic acids is 1. The molecule has 0 spiro atoms. The molecule has 1 saturated carbocycles. The van der Waals surface area contributed by atoms with E-state index in [0.29, 0.717) is 6.04 Å². The third kappa shape index (κ3) is 3.20. The predicted molar refractivity (Wildman–Crippen MR) is 62.5 cm³/mol. The van der Waals surface area contributed by atoms with Crippen LogP contribution in [0.25, 0.3) is 0 Å². The summed E-state index contributed by atoms with van der Waals surface area (Å²) in [6, 6.07) is 0.0907. The van der Waals surface area contributed by atoms with E-state index in [1.807, 2.05) is 25.8 Å². The average Bonchev–Trinajstić information content (AvgIpc) is 2.27. The van der Waals surface area contributed by atoms with Gasteiger partial charge in [0.15, 0.2) is 0 Å².